The summed E-state index contributed by atoms with van der Waals surface area (Å²) < 4.78 is 12.6. The summed E-state index contributed by atoms with van der Waals surface area (Å²) in [6, 6.07) is 14.5. The number of benzene rings is 2. The number of carbonyl (C=O) groups excluding carboxylic acids is 2. The first-order valence-electron chi connectivity index (χ1n) is 17.9. The van der Waals surface area contributed by atoms with E-state index in [9.17, 15) is 9.90 Å². The summed E-state index contributed by atoms with van der Waals surface area (Å²) in [4.78, 5) is 32.2. The summed E-state index contributed by atoms with van der Waals surface area (Å²) in [5.41, 5.74) is 3.96. The molecule has 2 saturated heterocycles. The van der Waals surface area contributed by atoms with Crippen molar-refractivity contribution < 1.29 is 24.2 Å². The quantitative estimate of drug-likeness (QED) is 0.196. The van der Waals surface area contributed by atoms with Gasteiger partial charge in [0, 0.05) is 43.3 Å². The molecule has 48 heavy (non-hydrogen) atoms. The molecule has 3 aliphatic heterocycles. The Balaban J connectivity index is 1.59. The smallest absolute Gasteiger partial charge is 0.264 e. The van der Waals surface area contributed by atoms with Crippen LogP contribution in [0.1, 0.15) is 84.6 Å². The second-order valence-corrected chi connectivity index (χ2v) is 19.6. The maximum absolute atomic E-state index is 15.0. The van der Waals surface area contributed by atoms with Crippen LogP contribution in [0.5, 0.6) is 5.75 Å². The minimum Gasteiger partial charge on any atom is -0.497 e. The van der Waals surface area contributed by atoms with Gasteiger partial charge in [0.1, 0.15) is 5.75 Å². The van der Waals surface area contributed by atoms with Gasteiger partial charge in [0.2, 0.25) is 5.91 Å². The Hall–Kier alpha value is -3.20. The molecule has 8 heteroatoms. The molecule has 3 heterocycles. The minimum atomic E-state index is -2.29. The van der Waals surface area contributed by atoms with Gasteiger partial charge in [-0.3, -0.25) is 9.59 Å². The van der Waals surface area contributed by atoms with Crippen molar-refractivity contribution in [2.45, 2.75) is 109 Å². The van der Waals surface area contributed by atoms with Crippen molar-refractivity contribution in [3.05, 3.63) is 71.3 Å². The second-order valence-electron chi connectivity index (χ2n) is 14.9. The fraction of sp³-hybridized carbons (Fsp3) is 0.550. The molecule has 5 rings (SSSR count). The van der Waals surface area contributed by atoms with Crippen LogP contribution >= 0.6 is 0 Å². The lowest BCUT2D eigenvalue weighted by molar-refractivity contribution is -0.146. The average molecular weight is 673 g/mol. The topological polar surface area (TPSA) is 79.3 Å². The summed E-state index contributed by atoms with van der Waals surface area (Å²) in [7, 11) is -0.610. The highest BCUT2D eigenvalue weighted by Gasteiger charge is 2.66. The highest BCUT2D eigenvalue weighted by molar-refractivity contribution is 6.91. The molecular formula is C40H56N2O5Si. The minimum absolute atomic E-state index is 0.0161. The van der Waals surface area contributed by atoms with Crippen molar-refractivity contribution in [1.82, 2.24) is 0 Å². The zero-order chi connectivity index (χ0) is 34.6. The molecule has 260 valence electrons. The van der Waals surface area contributed by atoms with Crippen LogP contribution in [0.2, 0.25) is 18.6 Å². The Morgan fingerprint density at radius 3 is 2.46 bits per heavy atom. The molecule has 0 bridgehead atoms. The molecule has 2 aromatic rings. The number of allylic oxidation sites excluding steroid dienone is 3. The Morgan fingerprint density at radius 1 is 1.04 bits per heavy atom. The number of aliphatic hydroxyl groups excluding tert-OH is 1. The van der Waals surface area contributed by atoms with Crippen LogP contribution < -0.4 is 19.7 Å². The Morgan fingerprint density at radius 2 is 1.77 bits per heavy atom. The van der Waals surface area contributed by atoms with E-state index < -0.39 is 13.7 Å². The van der Waals surface area contributed by atoms with E-state index in [1.54, 1.807) is 7.11 Å². The van der Waals surface area contributed by atoms with Gasteiger partial charge >= 0.3 is 0 Å². The van der Waals surface area contributed by atoms with Gasteiger partial charge in [-0.05, 0) is 88.7 Å². The van der Waals surface area contributed by atoms with Crippen molar-refractivity contribution in [3.8, 4) is 5.75 Å². The number of rotatable bonds is 11. The standard InChI is InChI=1S/C40H56N2O5Si/c1-28(2)13-12-14-29(3)22-25-42-35-21-16-31(41-24-11-9-8-10-15-37(41)44)27-34(35)40(39(42)45)30(4)38(36(47-40)23-26-43)48(6,7)33-19-17-32(46-5)18-20-33/h13,16-22,27,30,36,38,43H,8-12,14-15,23-26H2,1-7H3/b29-22+/t30-,36+,38-,40+/m0/s1. The van der Waals surface area contributed by atoms with Crippen molar-refractivity contribution in [1.29, 1.82) is 0 Å². The first-order chi connectivity index (χ1) is 22.9. The van der Waals surface area contributed by atoms with E-state index >= 15 is 4.79 Å². The highest BCUT2D eigenvalue weighted by Crippen LogP contribution is 2.60. The number of fused-ring (bicyclic) bond motifs is 2. The summed E-state index contributed by atoms with van der Waals surface area (Å²) in [6.07, 6.45) is 11.1. The molecule has 1 N–H and O–H groups in total. The largest absolute Gasteiger partial charge is 0.497 e. The molecule has 3 aliphatic rings. The molecule has 2 aromatic carbocycles. The van der Waals surface area contributed by atoms with Crippen LogP contribution in [0, 0.1) is 5.92 Å². The molecule has 0 unspecified atom stereocenters. The Labute approximate surface area is 289 Å². The molecule has 2 fully saturated rings. The molecule has 4 atom stereocenters. The summed E-state index contributed by atoms with van der Waals surface area (Å²) in [5, 5.41) is 11.6. The maximum atomic E-state index is 15.0. The maximum Gasteiger partial charge on any atom is 0.264 e. The van der Waals surface area contributed by atoms with Gasteiger partial charge in [0.05, 0.1) is 27.0 Å². The van der Waals surface area contributed by atoms with E-state index in [4.69, 9.17) is 9.47 Å². The molecule has 0 aliphatic carbocycles. The van der Waals surface area contributed by atoms with Crippen LogP contribution in [-0.4, -0.2) is 57.9 Å². The Bertz CT molecular complexity index is 1530. The molecular weight excluding hydrogens is 617 g/mol. The number of carbonyl (C=O) groups is 2. The van der Waals surface area contributed by atoms with E-state index in [0.717, 1.165) is 61.2 Å². The fourth-order valence-corrected chi connectivity index (χ4v) is 12.5. The fourth-order valence-electron chi connectivity index (χ4n) is 8.42. The predicted octanol–water partition coefficient (Wildman–Crippen LogP) is 7.63. The number of hydrogen-bond donors (Lipinski definition) is 1. The van der Waals surface area contributed by atoms with Crippen molar-refractivity contribution in [2.24, 2.45) is 5.92 Å². The molecule has 7 nitrogen and oxygen atoms in total. The van der Waals surface area contributed by atoms with Crippen molar-refractivity contribution >= 4 is 36.4 Å². The van der Waals surface area contributed by atoms with Crippen molar-refractivity contribution in [2.75, 3.05) is 36.6 Å². The zero-order valence-corrected chi connectivity index (χ0v) is 31.2. The van der Waals surface area contributed by atoms with Crippen LogP contribution in [0.3, 0.4) is 0 Å². The first-order valence-corrected chi connectivity index (χ1v) is 21.0. The normalized spacial score (nSPS) is 24.9. The lowest BCUT2D eigenvalue weighted by Crippen LogP contribution is -2.52. The lowest BCUT2D eigenvalue weighted by Gasteiger charge is -2.37. The summed E-state index contributed by atoms with van der Waals surface area (Å²) in [6.45, 7) is 14.4. The van der Waals surface area contributed by atoms with Crippen molar-refractivity contribution in [3.63, 3.8) is 0 Å². The summed E-state index contributed by atoms with van der Waals surface area (Å²) in [5.74, 6) is 0.757. The van der Waals surface area contributed by atoms with Gasteiger partial charge in [-0.1, -0.05) is 73.5 Å². The molecule has 0 radical (unpaired) electrons. The van der Waals surface area contributed by atoms with Crippen LogP contribution in [0.25, 0.3) is 0 Å². The van der Waals surface area contributed by atoms with E-state index in [1.165, 1.54) is 16.3 Å². The number of methoxy groups -OCH3 is 1. The second kappa shape index (κ2) is 15.1. The third-order valence-corrected chi connectivity index (χ3v) is 15.4. The van der Waals surface area contributed by atoms with Gasteiger partial charge in [-0.25, -0.2) is 0 Å². The highest BCUT2D eigenvalue weighted by atomic mass is 28.3. The van der Waals surface area contributed by atoms with Gasteiger partial charge in [0.15, 0.2) is 5.60 Å². The van der Waals surface area contributed by atoms with Gasteiger partial charge in [0.25, 0.3) is 5.91 Å². The first kappa shape index (κ1) is 36.1. The number of ether oxygens (including phenoxy) is 2. The molecule has 2 amide bonds. The van der Waals surface area contributed by atoms with E-state index in [1.807, 2.05) is 34.1 Å². The Kier molecular flexibility index (Phi) is 11.4. The van der Waals surface area contributed by atoms with Crippen LogP contribution in [-0.2, 0) is 19.9 Å². The number of nitrogens with zero attached hydrogens (tertiary/aromatic N) is 2. The zero-order valence-electron chi connectivity index (χ0n) is 30.2. The molecule has 0 saturated carbocycles. The van der Waals surface area contributed by atoms with Crippen LogP contribution in [0.15, 0.2) is 65.8 Å². The van der Waals surface area contributed by atoms with E-state index in [-0.39, 0.29) is 36.0 Å². The summed E-state index contributed by atoms with van der Waals surface area (Å²) >= 11 is 0. The molecule has 0 aromatic heterocycles. The SMILES string of the molecule is COc1ccc([Si](C)(C)[C@@H]2[C@@H](CCO)O[C@]3(C(=O)N(C/C=C(\C)CCC=C(C)C)c4ccc(N5CCCCCCC5=O)cc43)[C@H]2C)cc1. The van der Waals surface area contributed by atoms with Gasteiger partial charge in [-0.15, -0.1) is 0 Å². The third kappa shape index (κ3) is 6.94. The van der Waals surface area contributed by atoms with Crippen LogP contribution in [0.4, 0.5) is 11.4 Å². The number of aliphatic hydroxyl groups is 1. The van der Waals surface area contributed by atoms with Gasteiger partial charge in [-0.2, -0.15) is 0 Å². The lowest BCUT2D eigenvalue weighted by atomic mass is 9.82. The monoisotopic (exact) mass is 672 g/mol. The van der Waals surface area contributed by atoms with E-state index in [0.29, 0.717) is 25.9 Å². The third-order valence-electron chi connectivity index (χ3n) is 11.1. The number of hydrogen-bond acceptors (Lipinski definition) is 5. The van der Waals surface area contributed by atoms with E-state index in [2.05, 4.69) is 71.1 Å². The number of anilines is 2. The molecule has 1 spiro atoms. The number of amides is 2. The van der Waals surface area contributed by atoms with Gasteiger partial charge < -0.3 is 24.4 Å². The average Bonchev–Trinajstić information content (AvgIpc) is 3.48. The predicted molar refractivity (Wildman–Crippen MR) is 198 cm³/mol.